The Labute approximate surface area is 162 Å². The van der Waals surface area contributed by atoms with Crippen LogP contribution in [0.1, 0.15) is 63.1 Å². The molecule has 0 spiro atoms. The highest BCUT2D eigenvalue weighted by molar-refractivity contribution is 9.10. The lowest BCUT2D eigenvalue weighted by molar-refractivity contribution is 0.437. The largest absolute Gasteiger partial charge is 0.366 e. The highest BCUT2D eigenvalue weighted by atomic mass is 79.9. The molecule has 0 bridgehead atoms. The minimum Gasteiger partial charge on any atom is -0.366 e. The zero-order chi connectivity index (χ0) is 18.4. The predicted molar refractivity (Wildman–Crippen MR) is 107 cm³/mol. The normalized spacial score (nSPS) is 14.7. The Balaban J connectivity index is 0.000000948. The van der Waals surface area contributed by atoms with Crippen molar-refractivity contribution in [3.05, 3.63) is 46.7 Å². The third-order valence-corrected chi connectivity index (χ3v) is 5.12. The number of halogens is 1. The topological polar surface area (TPSA) is 68.0 Å². The molecule has 0 atom stereocenters. The van der Waals surface area contributed by atoms with E-state index in [0.717, 1.165) is 27.2 Å². The average Bonchev–Trinajstić information content (AvgIpc) is 3.10. The van der Waals surface area contributed by atoms with Crippen molar-refractivity contribution in [1.29, 1.82) is 0 Å². The molecule has 1 aliphatic rings. The summed E-state index contributed by atoms with van der Waals surface area (Å²) in [5.41, 5.74) is 3.06. The van der Waals surface area contributed by atoms with Gasteiger partial charge in [-0.3, -0.25) is 0 Å². The Hall–Kier alpha value is -2.02. The van der Waals surface area contributed by atoms with E-state index in [9.17, 15) is 0 Å². The van der Waals surface area contributed by atoms with Crippen LogP contribution in [0.2, 0.25) is 0 Å². The number of anilines is 1. The SMILES string of the molecule is Brc1cnn2c(NCc3cncnc3)cc(C3CCCCC3)nc12.CC. The third kappa shape index (κ3) is 4.20. The van der Waals surface area contributed by atoms with Gasteiger partial charge in [0.15, 0.2) is 5.65 Å². The molecule has 3 heterocycles. The van der Waals surface area contributed by atoms with E-state index in [-0.39, 0.29) is 0 Å². The summed E-state index contributed by atoms with van der Waals surface area (Å²) in [6, 6.07) is 2.15. The molecule has 4 rings (SSSR count). The number of hydrogen-bond acceptors (Lipinski definition) is 5. The summed E-state index contributed by atoms with van der Waals surface area (Å²) in [4.78, 5) is 13.0. The Kier molecular flexibility index (Phi) is 6.55. The van der Waals surface area contributed by atoms with E-state index >= 15 is 0 Å². The van der Waals surface area contributed by atoms with Crippen LogP contribution in [0.25, 0.3) is 5.65 Å². The predicted octanol–water partition coefficient (Wildman–Crippen LogP) is 4.97. The van der Waals surface area contributed by atoms with Crippen LogP contribution in [0.15, 0.2) is 35.5 Å². The van der Waals surface area contributed by atoms with Crippen LogP contribution in [0.4, 0.5) is 5.82 Å². The van der Waals surface area contributed by atoms with Crippen LogP contribution in [0, 0.1) is 0 Å². The van der Waals surface area contributed by atoms with Gasteiger partial charge in [-0.15, -0.1) is 0 Å². The lowest BCUT2D eigenvalue weighted by atomic mass is 9.87. The van der Waals surface area contributed by atoms with Crippen LogP contribution in [0.5, 0.6) is 0 Å². The summed E-state index contributed by atoms with van der Waals surface area (Å²) in [6.45, 7) is 4.65. The molecule has 0 unspecified atom stereocenters. The zero-order valence-electron chi connectivity index (χ0n) is 15.3. The maximum Gasteiger partial charge on any atom is 0.171 e. The summed E-state index contributed by atoms with van der Waals surface area (Å²) in [7, 11) is 0. The molecule has 7 heteroatoms. The van der Waals surface area contributed by atoms with Crippen LogP contribution in [-0.4, -0.2) is 24.6 Å². The van der Waals surface area contributed by atoms with Gasteiger partial charge in [0.25, 0.3) is 0 Å². The number of aromatic nitrogens is 5. The van der Waals surface area contributed by atoms with Crippen molar-refractivity contribution in [2.24, 2.45) is 0 Å². The Morgan fingerprint density at radius 1 is 1.12 bits per heavy atom. The van der Waals surface area contributed by atoms with Crippen molar-refractivity contribution < 1.29 is 0 Å². The van der Waals surface area contributed by atoms with E-state index < -0.39 is 0 Å². The first kappa shape index (κ1) is 18.8. The minimum atomic E-state index is 0.547. The van der Waals surface area contributed by atoms with Gasteiger partial charge in [-0.1, -0.05) is 33.1 Å². The molecule has 3 aromatic rings. The van der Waals surface area contributed by atoms with Crippen molar-refractivity contribution in [3.8, 4) is 0 Å². The zero-order valence-corrected chi connectivity index (χ0v) is 16.9. The standard InChI is InChI=1S/C17H19BrN6.C2H6/c18-14-10-22-24-16(21-9-12-7-19-11-20-8-12)6-15(23-17(14)24)13-4-2-1-3-5-13;1-2/h6-8,10-11,13,21H,1-5,9H2;1-2H3. The van der Waals surface area contributed by atoms with E-state index in [1.54, 1.807) is 12.5 Å². The Bertz CT molecular complexity index is 827. The minimum absolute atomic E-state index is 0.547. The number of rotatable bonds is 4. The Morgan fingerprint density at radius 3 is 2.58 bits per heavy atom. The number of nitrogens with one attached hydrogen (secondary N) is 1. The lowest BCUT2D eigenvalue weighted by Gasteiger charge is -2.22. The fourth-order valence-electron chi connectivity index (χ4n) is 3.30. The van der Waals surface area contributed by atoms with Crippen LogP contribution in [0.3, 0.4) is 0 Å². The molecule has 6 nitrogen and oxygen atoms in total. The van der Waals surface area contributed by atoms with Gasteiger partial charge in [0.1, 0.15) is 12.1 Å². The van der Waals surface area contributed by atoms with Gasteiger partial charge in [-0.2, -0.15) is 9.61 Å². The lowest BCUT2D eigenvalue weighted by Crippen LogP contribution is -2.11. The summed E-state index contributed by atoms with van der Waals surface area (Å²) in [5, 5.41) is 7.89. The van der Waals surface area contributed by atoms with Crippen molar-refractivity contribution in [3.63, 3.8) is 0 Å². The molecule has 1 N–H and O–H groups in total. The first-order valence-electron chi connectivity index (χ1n) is 9.33. The Morgan fingerprint density at radius 2 is 1.85 bits per heavy atom. The second-order valence-corrected chi connectivity index (χ2v) is 7.08. The molecule has 26 heavy (non-hydrogen) atoms. The molecule has 1 saturated carbocycles. The summed E-state index contributed by atoms with van der Waals surface area (Å²) >= 11 is 3.56. The smallest absolute Gasteiger partial charge is 0.171 e. The molecule has 3 aromatic heterocycles. The first-order chi connectivity index (χ1) is 12.8. The molecule has 138 valence electrons. The fraction of sp³-hybridized carbons (Fsp3) is 0.474. The summed E-state index contributed by atoms with van der Waals surface area (Å²) < 4.78 is 2.77. The van der Waals surface area contributed by atoms with Crippen molar-refractivity contribution in [1.82, 2.24) is 24.6 Å². The molecule has 0 aromatic carbocycles. The highest BCUT2D eigenvalue weighted by Crippen LogP contribution is 2.33. The van der Waals surface area contributed by atoms with E-state index in [2.05, 4.69) is 42.4 Å². The summed E-state index contributed by atoms with van der Waals surface area (Å²) in [6.07, 6.45) is 13.3. The molecule has 1 fully saturated rings. The number of nitrogens with zero attached hydrogens (tertiary/aromatic N) is 5. The third-order valence-electron chi connectivity index (χ3n) is 4.56. The van der Waals surface area contributed by atoms with Crippen LogP contribution >= 0.6 is 15.9 Å². The van der Waals surface area contributed by atoms with Crippen molar-refractivity contribution >= 4 is 27.4 Å². The monoisotopic (exact) mass is 416 g/mol. The molecular weight excluding hydrogens is 392 g/mol. The van der Waals surface area contributed by atoms with Crippen molar-refractivity contribution in [2.45, 2.75) is 58.4 Å². The van der Waals surface area contributed by atoms with E-state index in [1.165, 1.54) is 32.1 Å². The van der Waals surface area contributed by atoms with E-state index in [4.69, 9.17) is 4.98 Å². The van der Waals surface area contributed by atoms with Crippen molar-refractivity contribution in [2.75, 3.05) is 5.32 Å². The molecular formula is C19H25BrN6. The maximum atomic E-state index is 4.86. The summed E-state index contributed by atoms with van der Waals surface area (Å²) in [5.74, 6) is 1.50. The first-order valence-corrected chi connectivity index (χ1v) is 10.1. The number of fused-ring (bicyclic) bond motifs is 1. The number of hydrogen-bond donors (Lipinski definition) is 1. The second kappa shape index (κ2) is 9.07. The van der Waals surface area contributed by atoms with Gasteiger partial charge in [-0.25, -0.2) is 15.0 Å². The van der Waals surface area contributed by atoms with E-state index in [1.807, 2.05) is 30.8 Å². The molecule has 0 radical (unpaired) electrons. The van der Waals surface area contributed by atoms with Crippen LogP contribution < -0.4 is 5.32 Å². The van der Waals surface area contributed by atoms with Gasteiger partial charge in [-0.05, 0) is 28.8 Å². The van der Waals surface area contributed by atoms with Gasteiger partial charge in [0.05, 0.1) is 10.7 Å². The quantitative estimate of drug-likeness (QED) is 0.649. The van der Waals surface area contributed by atoms with Gasteiger partial charge in [0.2, 0.25) is 0 Å². The molecule has 0 saturated heterocycles. The molecule has 0 aliphatic heterocycles. The highest BCUT2D eigenvalue weighted by Gasteiger charge is 2.19. The van der Waals surface area contributed by atoms with Gasteiger partial charge < -0.3 is 5.32 Å². The van der Waals surface area contributed by atoms with Crippen LogP contribution in [-0.2, 0) is 6.54 Å². The van der Waals surface area contributed by atoms with E-state index in [0.29, 0.717) is 12.5 Å². The molecule has 0 amide bonds. The van der Waals surface area contributed by atoms with Gasteiger partial charge in [0, 0.05) is 42.2 Å². The fourth-order valence-corrected chi connectivity index (χ4v) is 3.65. The second-order valence-electron chi connectivity index (χ2n) is 6.23. The van der Waals surface area contributed by atoms with Gasteiger partial charge >= 0.3 is 0 Å². The average molecular weight is 417 g/mol. The molecule has 1 aliphatic carbocycles. The maximum absolute atomic E-state index is 4.86.